The number of amides is 1. The summed E-state index contributed by atoms with van der Waals surface area (Å²) in [6.07, 6.45) is 4.71. The number of fused-ring (bicyclic) bond motifs is 1. The van der Waals surface area contributed by atoms with Gasteiger partial charge in [-0.2, -0.15) is 0 Å². The van der Waals surface area contributed by atoms with E-state index < -0.39 is 0 Å². The van der Waals surface area contributed by atoms with Gasteiger partial charge in [-0.3, -0.25) is 14.7 Å². The van der Waals surface area contributed by atoms with Crippen LogP contribution in [0.4, 0.5) is 0 Å². The maximum atomic E-state index is 12.9. The second-order valence-corrected chi connectivity index (χ2v) is 9.02. The van der Waals surface area contributed by atoms with Crippen molar-refractivity contribution >= 4 is 5.91 Å². The molecule has 1 aromatic carbocycles. The number of aromatic hydroxyl groups is 1. The fourth-order valence-corrected chi connectivity index (χ4v) is 4.34. The van der Waals surface area contributed by atoms with Crippen LogP contribution in [-0.2, 0) is 19.5 Å². The molecule has 0 saturated carbocycles. The Hall–Kier alpha value is -3.46. The van der Waals surface area contributed by atoms with Gasteiger partial charge >= 0.3 is 0 Å². The number of ether oxygens (including phenoxy) is 1. The van der Waals surface area contributed by atoms with E-state index in [1.807, 2.05) is 12.1 Å². The molecule has 9 nitrogen and oxygen atoms in total. The maximum absolute atomic E-state index is 12.9. The van der Waals surface area contributed by atoms with E-state index in [1.54, 1.807) is 37.7 Å². The maximum Gasteiger partial charge on any atom is 0.253 e. The number of carbonyl (C=O) groups excluding carboxylic acids is 1. The molecule has 0 bridgehead atoms. The summed E-state index contributed by atoms with van der Waals surface area (Å²) in [6, 6.07) is 8.82. The van der Waals surface area contributed by atoms with E-state index in [0.717, 1.165) is 43.1 Å². The zero-order valence-electron chi connectivity index (χ0n) is 19.9. The normalized spacial score (nSPS) is 14.9. The predicted molar refractivity (Wildman–Crippen MR) is 128 cm³/mol. The number of rotatable bonds is 8. The number of hydrogen-bond acceptors (Lipinski definition) is 7. The zero-order valence-corrected chi connectivity index (χ0v) is 19.9. The van der Waals surface area contributed by atoms with Crippen LogP contribution in [0.15, 0.2) is 42.7 Å². The summed E-state index contributed by atoms with van der Waals surface area (Å²) in [5, 5.41) is 22.6. The first kappa shape index (κ1) is 23.7. The SMILES string of the molecule is COc1cccc(CN2CCc3nnc([C@H](CC(C)C)NC(=O)c4cccnc4)n3CC2)c1O. The summed E-state index contributed by atoms with van der Waals surface area (Å²) in [4.78, 5) is 19.2. The zero-order chi connectivity index (χ0) is 24.1. The first-order chi connectivity index (χ1) is 16.5. The molecule has 0 spiro atoms. The summed E-state index contributed by atoms with van der Waals surface area (Å²) in [5.74, 6) is 2.56. The summed E-state index contributed by atoms with van der Waals surface area (Å²) in [7, 11) is 1.55. The number of benzene rings is 1. The highest BCUT2D eigenvalue weighted by atomic mass is 16.5. The molecule has 0 radical (unpaired) electrons. The largest absolute Gasteiger partial charge is 0.504 e. The van der Waals surface area contributed by atoms with Crippen LogP contribution < -0.4 is 10.1 Å². The predicted octanol–water partition coefficient (Wildman–Crippen LogP) is 2.96. The van der Waals surface area contributed by atoms with Crippen LogP contribution in [0.25, 0.3) is 0 Å². The number of nitrogens with one attached hydrogen (secondary N) is 1. The van der Waals surface area contributed by atoms with Crippen LogP contribution in [0.5, 0.6) is 11.5 Å². The molecule has 2 aromatic heterocycles. The molecule has 34 heavy (non-hydrogen) atoms. The van der Waals surface area contributed by atoms with Gasteiger partial charge in [-0.05, 0) is 30.5 Å². The molecular weight excluding hydrogens is 432 g/mol. The molecule has 0 aliphatic carbocycles. The van der Waals surface area contributed by atoms with Gasteiger partial charge in [-0.15, -0.1) is 10.2 Å². The molecule has 3 heterocycles. The highest BCUT2D eigenvalue weighted by Gasteiger charge is 2.26. The molecule has 2 N–H and O–H groups in total. The number of phenolic OH excluding ortho intramolecular Hbond substituents is 1. The van der Waals surface area contributed by atoms with Gasteiger partial charge in [0, 0.05) is 50.6 Å². The Labute approximate surface area is 199 Å². The Morgan fingerprint density at radius 3 is 2.76 bits per heavy atom. The van der Waals surface area contributed by atoms with Gasteiger partial charge in [-0.1, -0.05) is 26.0 Å². The smallest absolute Gasteiger partial charge is 0.253 e. The Bertz CT molecular complexity index is 1120. The van der Waals surface area contributed by atoms with Crippen LogP contribution in [-0.4, -0.2) is 55.9 Å². The van der Waals surface area contributed by atoms with Crippen molar-refractivity contribution in [1.29, 1.82) is 0 Å². The van der Waals surface area contributed by atoms with E-state index in [9.17, 15) is 9.90 Å². The van der Waals surface area contributed by atoms with E-state index in [4.69, 9.17) is 4.74 Å². The van der Waals surface area contributed by atoms with Gasteiger partial charge in [0.15, 0.2) is 17.3 Å². The lowest BCUT2D eigenvalue weighted by molar-refractivity contribution is 0.0928. The molecule has 1 aliphatic heterocycles. The number of pyridine rings is 1. The Kier molecular flexibility index (Phi) is 7.42. The molecule has 3 aromatic rings. The Morgan fingerprint density at radius 2 is 2.03 bits per heavy atom. The van der Waals surface area contributed by atoms with Crippen molar-refractivity contribution in [3.8, 4) is 11.5 Å². The quantitative estimate of drug-likeness (QED) is 0.528. The van der Waals surface area contributed by atoms with Crippen molar-refractivity contribution in [2.24, 2.45) is 5.92 Å². The van der Waals surface area contributed by atoms with Gasteiger partial charge in [0.05, 0.1) is 18.7 Å². The highest BCUT2D eigenvalue weighted by Crippen LogP contribution is 2.30. The fourth-order valence-electron chi connectivity index (χ4n) is 4.34. The Balaban J connectivity index is 1.50. The monoisotopic (exact) mass is 464 g/mol. The summed E-state index contributed by atoms with van der Waals surface area (Å²) < 4.78 is 7.39. The number of phenols is 1. The molecule has 4 rings (SSSR count). The number of methoxy groups -OCH3 is 1. The summed E-state index contributed by atoms with van der Waals surface area (Å²) >= 11 is 0. The third-order valence-electron chi connectivity index (χ3n) is 6.09. The van der Waals surface area contributed by atoms with Crippen LogP contribution >= 0.6 is 0 Å². The van der Waals surface area contributed by atoms with Gasteiger partial charge < -0.3 is 19.7 Å². The number of carbonyl (C=O) groups is 1. The standard InChI is InChI=1S/C25H32N6O3/c1-17(2)14-20(27-25(33)18-7-5-10-26-15-18)24-29-28-22-9-11-30(12-13-31(22)24)16-19-6-4-8-21(34-3)23(19)32/h4-8,10,15,17,20,32H,9,11-14,16H2,1-3H3,(H,27,33)/t20-/m0/s1. The average molecular weight is 465 g/mol. The lowest BCUT2D eigenvalue weighted by atomic mass is 10.0. The molecule has 0 saturated heterocycles. The van der Waals surface area contributed by atoms with Crippen LogP contribution in [0.1, 0.15) is 53.9 Å². The minimum Gasteiger partial charge on any atom is -0.504 e. The van der Waals surface area contributed by atoms with E-state index in [-0.39, 0.29) is 17.7 Å². The number of nitrogens with zero attached hydrogens (tertiary/aromatic N) is 5. The van der Waals surface area contributed by atoms with Gasteiger partial charge in [0.2, 0.25) is 0 Å². The van der Waals surface area contributed by atoms with Gasteiger partial charge in [0.1, 0.15) is 5.82 Å². The second-order valence-electron chi connectivity index (χ2n) is 9.02. The second kappa shape index (κ2) is 10.6. The summed E-state index contributed by atoms with van der Waals surface area (Å²) in [5.41, 5.74) is 1.36. The van der Waals surface area contributed by atoms with Crippen molar-refractivity contribution in [2.45, 2.75) is 45.8 Å². The van der Waals surface area contributed by atoms with Gasteiger partial charge in [0.25, 0.3) is 5.91 Å². The van der Waals surface area contributed by atoms with Gasteiger partial charge in [-0.25, -0.2) is 0 Å². The third-order valence-corrected chi connectivity index (χ3v) is 6.09. The Morgan fingerprint density at radius 1 is 1.18 bits per heavy atom. The van der Waals surface area contributed by atoms with Crippen molar-refractivity contribution in [3.63, 3.8) is 0 Å². The lowest BCUT2D eigenvalue weighted by Gasteiger charge is -2.22. The van der Waals surface area contributed by atoms with E-state index >= 15 is 0 Å². The molecule has 9 heteroatoms. The van der Waals surface area contributed by atoms with Crippen molar-refractivity contribution in [1.82, 2.24) is 30.0 Å². The van der Waals surface area contributed by atoms with Crippen molar-refractivity contribution < 1.29 is 14.6 Å². The highest BCUT2D eigenvalue weighted by molar-refractivity contribution is 5.94. The van der Waals surface area contributed by atoms with Crippen LogP contribution in [0.2, 0.25) is 0 Å². The number of para-hydroxylation sites is 1. The average Bonchev–Trinajstić information content (AvgIpc) is 3.14. The van der Waals surface area contributed by atoms with E-state index in [2.05, 4.69) is 43.8 Å². The first-order valence-corrected chi connectivity index (χ1v) is 11.7. The number of hydrogen-bond donors (Lipinski definition) is 2. The molecule has 0 unspecified atom stereocenters. The fraction of sp³-hybridized carbons (Fsp3) is 0.440. The number of aromatic nitrogens is 4. The van der Waals surface area contributed by atoms with Crippen LogP contribution in [0.3, 0.4) is 0 Å². The van der Waals surface area contributed by atoms with E-state index in [1.165, 1.54) is 0 Å². The molecule has 1 aliphatic rings. The van der Waals surface area contributed by atoms with E-state index in [0.29, 0.717) is 30.3 Å². The van der Waals surface area contributed by atoms with Crippen molar-refractivity contribution in [3.05, 3.63) is 65.5 Å². The third kappa shape index (κ3) is 5.36. The minimum absolute atomic E-state index is 0.167. The topological polar surface area (TPSA) is 105 Å². The molecular formula is C25H32N6O3. The molecule has 180 valence electrons. The first-order valence-electron chi connectivity index (χ1n) is 11.7. The minimum atomic E-state index is -0.247. The molecule has 1 amide bonds. The van der Waals surface area contributed by atoms with Crippen molar-refractivity contribution in [2.75, 3.05) is 20.2 Å². The molecule has 1 atom stereocenters. The van der Waals surface area contributed by atoms with Crippen LogP contribution in [0, 0.1) is 5.92 Å². The molecule has 0 fully saturated rings. The lowest BCUT2D eigenvalue weighted by Crippen LogP contribution is -2.32. The summed E-state index contributed by atoms with van der Waals surface area (Å²) in [6.45, 7) is 7.16.